The second-order valence-electron chi connectivity index (χ2n) is 6.82. The topological polar surface area (TPSA) is 23.6 Å². The molecule has 2 saturated heterocycles. The Kier molecular flexibility index (Phi) is 5.14. The maximum absolute atomic E-state index is 12.4. The lowest BCUT2D eigenvalue weighted by molar-refractivity contribution is -0.135. The van der Waals surface area contributed by atoms with Gasteiger partial charge in [-0.3, -0.25) is 4.79 Å². The van der Waals surface area contributed by atoms with E-state index >= 15 is 0 Å². The number of carbonyl (C=O) groups excluding carboxylic acids is 1. The third-order valence-corrected chi connectivity index (χ3v) is 5.06. The fraction of sp³-hybridized carbons (Fsp3) is 0.632. The van der Waals surface area contributed by atoms with Gasteiger partial charge < -0.3 is 9.80 Å². The third-order valence-electron chi connectivity index (χ3n) is 5.06. The fourth-order valence-electron chi connectivity index (χ4n) is 3.69. The number of benzene rings is 1. The molecule has 0 bridgehead atoms. The molecule has 2 aliphatic heterocycles. The predicted octanol–water partition coefficient (Wildman–Crippen LogP) is 2.67. The first-order chi connectivity index (χ1) is 10.7. The maximum atomic E-state index is 12.4. The average molecular weight is 299 g/mol. The molecule has 3 nitrogen and oxygen atoms in total. The number of rotatable bonds is 4. The highest BCUT2D eigenvalue weighted by molar-refractivity contribution is 5.79. The molecule has 0 aromatic heterocycles. The van der Waals surface area contributed by atoms with Gasteiger partial charge in [-0.2, -0.15) is 0 Å². The highest BCUT2D eigenvalue weighted by Crippen LogP contribution is 2.22. The molecule has 3 heteroatoms. The summed E-state index contributed by atoms with van der Waals surface area (Å²) in [5.74, 6) is 0.701. The molecule has 0 atom stereocenters. The van der Waals surface area contributed by atoms with Crippen LogP contribution < -0.4 is 0 Å². The van der Waals surface area contributed by atoms with Gasteiger partial charge in [0, 0.05) is 25.6 Å². The van der Waals surface area contributed by atoms with Crippen LogP contribution in [-0.2, 0) is 11.2 Å². The first kappa shape index (κ1) is 15.5. The molecule has 1 aromatic rings. The Morgan fingerprint density at radius 3 is 2.59 bits per heavy atom. The zero-order chi connectivity index (χ0) is 15.4. The van der Waals surface area contributed by atoms with Gasteiger partial charge in [-0.05, 0) is 63.7 Å². The molecule has 0 spiro atoms. The number of piperidine rings is 1. The molecule has 0 N–H and O–H groups in total. The minimum atomic E-state index is 0.279. The van der Waals surface area contributed by atoms with Crippen LogP contribution in [0.2, 0.25) is 0 Å². The fourth-order valence-corrected chi connectivity index (χ4v) is 3.69. The first-order valence-corrected chi connectivity index (χ1v) is 8.70. The minimum Gasteiger partial charge on any atom is -0.342 e. The average Bonchev–Trinajstić information content (AvgIpc) is 3.07. The zero-order valence-electron chi connectivity index (χ0n) is 13.7. The predicted molar refractivity (Wildman–Crippen MR) is 88.7 cm³/mol. The number of nitrogens with zero attached hydrogens (tertiary/aromatic N) is 2. The molecule has 1 radical (unpaired) electrons. The Morgan fingerprint density at radius 1 is 1.18 bits per heavy atom. The minimum absolute atomic E-state index is 0.279. The van der Waals surface area contributed by atoms with E-state index in [1.807, 2.05) is 6.07 Å². The van der Waals surface area contributed by atoms with Crippen molar-refractivity contribution in [2.24, 2.45) is 5.92 Å². The van der Waals surface area contributed by atoms with Crippen LogP contribution in [0.4, 0.5) is 0 Å². The van der Waals surface area contributed by atoms with Gasteiger partial charge in [0.25, 0.3) is 0 Å². The number of hydrogen-bond acceptors (Lipinski definition) is 2. The molecular formula is C19H27N2O. The van der Waals surface area contributed by atoms with Gasteiger partial charge in [0.05, 0.1) is 0 Å². The van der Waals surface area contributed by atoms with E-state index in [0.29, 0.717) is 5.91 Å². The molecular weight excluding hydrogens is 272 g/mol. The van der Waals surface area contributed by atoms with Crippen LogP contribution in [0.15, 0.2) is 18.2 Å². The highest BCUT2D eigenvalue weighted by Gasteiger charge is 2.29. The van der Waals surface area contributed by atoms with Crippen molar-refractivity contribution < 1.29 is 4.79 Å². The molecule has 1 aromatic carbocycles. The van der Waals surface area contributed by atoms with Gasteiger partial charge in [0.2, 0.25) is 5.91 Å². The number of likely N-dealkylation sites (tertiary alicyclic amines) is 2. The lowest BCUT2D eigenvalue weighted by Crippen LogP contribution is -2.42. The Morgan fingerprint density at radius 2 is 1.91 bits per heavy atom. The number of carbonyl (C=O) groups is 1. The van der Waals surface area contributed by atoms with Crippen molar-refractivity contribution in [2.75, 3.05) is 32.7 Å². The van der Waals surface area contributed by atoms with E-state index in [0.717, 1.165) is 52.0 Å². The molecule has 0 saturated carbocycles. The molecule has 3 rings (SSSR count). The second kappa shape index (κ2) is 7.28. The van der Waals surface area contributed by atoms with Crippen LogP contribution in [0.3, 0.4) is 0 Å². The number of hydrogen-bond donors (Lipinski definition) is 0. The molecule has 1 amide bonds. The molecule has 2 aliphatic rings. The van der Waals surface area contributed by atoms with E-state index in [1.165, 1.54) is 24.0 Å². The third kappa shape index (κ3) is 3.89. The summed E-state index contributed by atoms with van der Waals surface area (Å²) in [6.07, 6.45) is 5.55. The summed E-state index contributed by atoms with van der Waals surface area (Å²) < 4.78 is 0. The lowest BCUT2D eigenvalue weighted by atomic mass is 9.95. The summed E-state index contributed by atoms with van der Waals surface area (Å²) >= 11 is 0. The van der Waals surface area contributed by atoms with Crippen molar-refractivity contribution in [1.82, 2.24) is 9.80 Å². The summed E-state index contributed by atoms with van der Waals surface area (Å²) in [6, 6.07) is 9.57. The molecule has 22 heavy (non-hydrogen) atoms. The van der Waals surface area contributed by atoms with Crippen molar-refractivity contribution in [3.63, 3.8) is 0 Å². The van der Waals surface area contributed by atoms with Crippen LogP contribution in [0.1, 0.15) is 36.8 Å². The quantitative estimate of drug-likeness (QED) is 0.853. The van der Waals surface area contributed by atoms with E-state index < -0.39 is 0 Å². The van der Waals surface area contributed by atoms with Crippen molar-refractivity contribution in [3.05, 3.63) is 35.4 Å². The summed E-state index contributed by atoms with van der Waals surface area (Å²) in [7, 11) is 0. The van der Waals surface area contributed by atoms with Gasteiger partial charge in [0.15, 0.2) is 0 Å². The van der Waals surface area contributed by atoms with E-state index in [2.05, 4.69) is 34.9 Å². The molecule has 0 aliphatic carbocycles. The SMILES string of the molecule is Cc1c[c]cc(CCN2CCC(C(=O)N3CCCC3)CC2)c1. The molecule has 2 fully saturated rings. The Balaban J connectivity index is 1.42. The normalized spacial score (nSPS) is 20.5. The van der Waals surface area contributed by atoms with Gasteiger partial charge in [-0.25, -0.2) is 0 Å². The summed E-state index contributed by atoms with van der Waals surface area (Å²) in [4.78, 5) is 17.0. The van der Waals surface area contributed by atoms with Crippen LogP contribution in [0, 0.1) is 18.9 Å². The second-order valence-corrected chi connectivity index (χ2v) is 6.82. The van der Waals surface area contributed by atoms with Gasteiger partial charge >= 0.3 is 0 Å². The zero-order valence-corrected chi connectivity index (χ0v) is 13.7. The van der Waals surface area contributed by atoms with Gasteiger partial charge in [0.1, 0.15) is 0 Å². The van der Waals surface area contributed by atoms with E-state index in [-0.39, 0.29) is 5.92 Å². The smallest absolute Gasteiger partial charge is 0.225 e. The Hall–Kier alpha value is -1.35. The van der Waals surface area contributed by atoms with Crippen LogP contribution >= 0.6 is 0 Å². The van der Waals surface area contributed by atoms with E-state index in [9.17, 15) is 4.79 Å². The monoisotopic (exact) mass is 299 g/mol. The molecule has 0 unspecified atom stereocenters. The van der Waals surface area contributed by atoms with Crippen LogP contribution in [0.5, 0.6) is 0 Å². The van der Waals surface area contributed by atoms with Crippen molar-refractivity contribution >= 4 is 5.91 Å². The Labute approximate surface area is 134 Å². The summed E-state index contributed by atoms with van der Waals surface area (Å²) in [5.41, 5.74) is 2.66. The lowest BCUT2D eigenvalue weighted by Gasteiger charge is -2.33. The van der Waals surface area contributed by atoms with Crippen LogP contribution in [0.25, 0.3) is 0 Å². The van der Waals surface area contributed by atoms with Crippen LogP contribution in [-0.4, -0.2) is 48.4 Å². The largest absolute Gasteiger partial charge is 0.342 e. The number of aryl methyl sites for hydroxylation is 1. The first-order valence-electron chi connectivity index (χ1n) is 8.70. The summed E-state index contributed by atoms with van der Waals surface area (Å²) in [5, 5.41) is 0. The van der Waals surface area contributed by atoms with Crippen molar-refractivity contribution in [1.29, 1.82) is 0 Å². The van der Waals surface area contributed by atoms with E-state index in [4.69, 9.17) is 0 Å². The standard InChI is InChI=1S/C19H27N2O/c1-16-5-4-6-17(15-16)7-12-20-13-8-18(9-14-20)19(22)21-10-2-3-11-21/h5-6,15,18H,2-3,7-14H2,1H3. The van der Waals surface area contributed by atoms with Crippen molar-refractivity contribution in [2.45, 2.75) is 39.0 Å². The molecule has 2 heterocycles. The summed E-state index contributed by atoms with van der Waals surface area (Å²) in [6.45, 7) is 7.34. The molecule has 119 valence electrons. The van der Waals surface area contributed by atoms with E-state index in [1.54, 1.807) is 0 Å². The Bertz CT molecular complexity index is 500. The van der Waals surface area contributed by atoms with Gasteiger partial charge in [-0.1, -0.05) is 23.8 Å². The highest BCUT2D eigenvalue weighted by atomic mass is 16.2. The maximum Gasteiger partial charge on any atom is 0.225 e. The van der Waals surface area contributed by atoms with Crippen molar-refractivity contribution in [3.8, 4) is 0 Å². The van der Waals surface area contributed by atoms with Gasteiger partial charge in [-0.15, -0.1) is 0 Å². The number of amides is 1.